The molecule has 3 N–H and O–H groups in total. The zero-order valence-electron chi connectivity index (χ0n) is 28.0. The van der Waals surface area contributed by atoms with E-state index in [1.165, 1.54) is 35.0 Å². The van der Waals surface area contributed by atoms with E-state index in [4.69, 9.17) is 39.5 Å². The number of halogens is 3. The van der Waals surface area contributed by atoms with Gasteiger partial charge in [0, 0.05) is 17.4 Å². The summed E-state index contributed by atoms with van der Waals surface area (Å²) in [5, 5.41) is 3.96. The number of thioether (sulfide) groups is 1. The van der Waals surface area contributed by atoms with Gasteiger partial charge in [-0.25, -0.2) is 24.8 Å². The molecule has 1 unspecified atom stereocenters. The fourth-order valence-electron chi connectivity index (χ4n) is 5.16. The Hall–Kier alpha value is -4.36. The van der Waals surface area contributed by atoms with E-state index in [9.17, 15) is 14.4 Å². The van der Waals surface area contributed by atoms with Crippen molar-refractivity contribution in [3.05, 3.63) is 110 Å². The van der Waals surface area contributed by atoms with Crippen LogP contribution in [0.3, 0.4) is 0 Å². The molecule has 3 amide bonds. The summed E-state index contributed by atoms with van der Waals surface area (Å²) < 4.78 is 8.68. The molecular weight excluding hydrogens is 721 g/mol. The van der Waals surface area contributed by atoms with Crippen molar-refractivity contribution in [2.45, 2.75) is 57.2 Å². The predicted octanol–water partition coefficient (Wildman–Crippen LogP) is 8.46. The van der Waals surface area contributed by atoms with Crippen molar-refractivity contribution in [1.82, 2.24) is 30.2 Å². The van der Waals surface area contributed by atoms with Crippen molar-refractivity contribution in [1.29, 1.82) is 0 Å². The normalized spacial score (nSPS) is 12.0. The Morgan fingerprint density at radius 1 is 1.00 bits per heavy atom. The summed E-state index contributed by atoms with van der Waals surface area (Å²) in [6, 6.07) is 18.3. The van der Waals surface area contributed by atoms with Gasteiger partial charge < -0.3 is 4.74 Å². The second-order valence-electron chi connectivity index (χ2n) is 11.8. The number of anilines is 2. The zero-order chi connectivity index (χ0) is 36.2. The van der Waals surface area contributed by atoms with Crippen LogP contribution in [-0.4, -0.2) is 43.6 Å². The molecule has 1 atom stereocenters. The first-order valence-electron chi connectivity index (χ1n) is 15.7. The molecule has 0 saturated carbocycles. The summed E-state index contributed by atoms with van der Waals surface area (Å²) in [7, 11) is 0. The average molecular weight is 757 g/mol. The third kappa shape index (κ3) is 7.68. The van der Waals surface area contributed by atoms with E-state index in [0.717, 1.165) is 16.7 Å². The largest absolute Gasteiger partial charge is 0.481 e. The second-order valence-corrected chi connectivity index (χ2v) is 13.8. The minimum atomic E-state index is -0.911. The predicted molar refractivity (Wildman–Crippen MR) is 200 cm³/mol. The molecule has 0 spiro atoms. The van der Waals surface area contributed by atoms with Gasteiger partial charge in [0.25, 0.3) is 11.5 Å². The number of nitrogens with one attached hydrogen (secondary N) is 3. The van der Waals surface area contributed by atoms with Gasteiger partial charge in [-0.15, -0.1) is 0 Å². The van der Waals surface area contributed by atoms with Crippen molar-refractivity contribution in [2.75, 3.05) is 11.2 Å². The van der Waals surface area contributed by atoms with Crippen LogP contribution in [0.5, 0.6) is 5.75 Å². The molecule has 0 aliphatic rings. The van der Waals surface area contributed by atoms with E-state index >= 15 is 0 Å². The number of benzene rings is 3. The van der Waals surface area contributed by atoms with Crippen LogP contribution >= 0.6 is 46.6 Å². The van der Waals surface area contributed by atoms with Crippen LogP contribution in [0, 0.1) is 0 Å². The molecule has 5 rings (SSSR count). The average Bonchev–Trinajstić information content (AvgIpc) is 3.70. The molecule has 50 heavy (non-hydrogen) atoms. The number of aromatic nitrogens is 4. The van der Waals surface area contributed by atoms with Gasteiger partial charge in [0.05, 0.1) is 15.7 Å². The number of imidazole rings is 1. The number of hydrazine groups is 1. The van der Waals surface area contributed by atoms with Crippen molar-refractivity contribution in [2.24, 2.45) is 0 Å². The number of H-pyrrole nitrogens is 1. The molecule has 262 valence electrons. The van der Waals surface area contributed by atoms with E-state index in [1.54, 1.807) is 54.3 Å². The molecular formula is C35H36Cl3N7O4S. The first-order chi connectivity index (χ1) is 23.9. The number of aromatic amines is 1. The Morgan fingerprint density at radius 3 is 2.26 bits per heavy atom. The highest BCUT2D eigenvalue weighted by Crippen LogP contribution is 2.35. The maximum absolute atomic E-state index is 14.2. The van der Waals surface area contributed by atoms with E-state index < -0.39 is 23.6 Å². The summed E-state index contributed by atoms with van der Waals surface area (Å²) >= 11 is 20.5. The van der Waals surface area contributed by atoms with Gasteiger partial charge in [-0.3, -0.25) is 24.7 Å². The molecule has 0 fully saturated rings. The fourth-order valence-corrected chi connectivity index (χ4v) is 6.66. The first kappa shape index (κ1) is 36.9. The number of urea groups is 1. The molecule has 0 aliphatic heterocycles. The van der Waals surface area contributed by atoms with Gasteiger partial charge in [-0.05, 0) is 66.5 Å². The number of amides is 3. The number of carbonyl (C=O) groups is 2. The Balaban J connectivity index is 1.50. The van der Waals surface area contributed by atoms with Gasteiger partial charge in [0.2, 0.25) is 0 Å². The topological polar surface area (TPSA) is 126 Å². The standard InChI is InChI=1S/C35H36Cl3N7O4S/c1-6-27(49-24-15-13-21(14-16-24)35(3,4)7-2)31(46)40-41-33(48)44(23-11-9-8-10-12-23)30-29(43-18-17-39-34(43)50-5)32(47)45(42-30)28-25(37)19-22(36)20-26(28)38/h8-20,27,42H,6-7H2,1-5H3,(H,40,46)(H,41,48). The Kier molecular flexibility index (Phi) is 11.6. The maximum atomic E-state index is 14.2. The molecule has 0 saturated heterocycles. The van der Waals surface area contributed by atoms with Crippen molar-refractivity contribution in [3.8, 4) is 17.1 Å². The lowest BCUT2D eigenvalue weighted by atomic mass is 9.82. The molecule has 0 aliphatic carbocycles. The lowest BCUT2D eigenvalue weighted by Crippen LogP contribution is -2.51. The van der Waals surface area contributed by atoms with Crippen LogP contribution in [0.4, 0.5) is 16.3 Å². The first-order valence-corrected chi connectivity index (χ1v) is 18.1. The number of carbonyl (C=O) groups excluding carboxylic acids is 2. The highest BCUT2D eigenvalue weighted by molar-refractivity contribution is 7.98. The van der Waals surface area contributed by atoms with Crippen molar-refractivity contribution in [3.63, 3.8) is 0 Å². The van der Waals surface area contributed by atoms with E-state index in [-0.39, 0.29) is 37.7 Å². The SMILES string of the molecule is CCC(Oc1ccc(C(C)(C)CC)cc1)C(=O)NNC(=O)N(c1ccccc1)c1[nH]n(-c2c(Cl)cc(Cl)cc2Cl)c(=O)c1-n1ccnc1SC. The second kappa shape index (κ2) is 15.7. The molecule has 15 heteroatoms. The fraction of sp³-hybridized carbons (Fsp3) is 0.257. The third-order valence-electron chi connectivity index (χ3n) is 8.28. The van der Waals surface area contributed by atoms with Gasteiger partial charge in [-0.1, -0.05) is 105 Å². The maximum Gasteiger partial charge on any atom is 0.346 e. The number of ether oxygens (including phenoxy) is 1. The van der Waals surface area contributed by atoms with Gasteiger partial charge in [-0.2, -0.15) is 0 Å². The van der Waals surface area contributed by atoms with Crippen LogP contribution in [0.25, 0.3) is 11.4 Å². The monoisotopic (exact) mass is 755 g/mol. The molecule has 5 aromatic rings. The zero-order valence-corrected chi connectivity index (χ0v) is 31.0. The van der Waals surface area contributed by atoms with Crippen molar-refractivity contribution >= 4 is 70.0 Å². The van der Waals surface area contributed by atoms with Crippen LogP contribution in [0.2, 0.25) is 15.1 Å². The van der Waals surface area contributed by atoms with Gasteiger partial charge in [0.15, 0.2) is 22.8 Å². The Bertz CT molecular complexity index is 2020. The van der Waals surface area contributed by atoms with Crippen molar-refractivity contribution < 1.29 is 14.3 Å². The number of nitrogens with zero attached hydrogens (tertiary/aromatic N) is 4. The summed E-state index contributed by atoms with van der Waals surface area (Å²) in [6.07, 6.45) is 5.32. The lowest BCUT2D eigenvalue weighted by molar-refractivity contribution is -0.128. The summed E-state index contributed by atoms with van der Waals surface area (Å²) in [6.45, 7) is 8.27. The summed E-state index contributed by atoms with van der Waals surface area (Å²) in [5.74, 6) is -0.0215. The minimum Gasteiger partial charge on any atom is -0.481 e. The Morgan fingerprint density at radius 2 is 1.66 bits per heavy atom. The smallest absolute Gasteiger partial charge is 0.346 e. The van der Waals surface area contributed by atoms with E-state index in [2.05, 4.69) is 41.7 Å². The molecule has 3 aromatic carbocycles. The van der Waals surface area contributed by atoms with Crippen LogP contribution < -0.4 is 26.0 Å². The molecule has 2 heterocycles. The van der Waals surface area contributed by atoms with Gasteiger partial charge >= 0.3 is 6.03 Å². The Labute approximate surface area is 308 Å². The number of hydrogen-bond acceptors (Lipinski definition) is 6. The van der Waals surface area contributed by atoms with E-state index in [1.807, 2.05) is 24.3 Å². The number of rotatable bonds is 11. The van der Waals surface area contributed by atoms with Crippen LogP contribution in [0.1, 0.15) is 46.1 Å². The van der Waals surface area contributed by atoms with Crippen LogP contribution in [0.15, 0.2) is 89.1 Å². The lowest BCUT2D eigenvalue weighted by Gasteiger charge is -2.25. The van der Waals surface area contributed by atoms with Gasteiger partial charge in [0.1, 0.15) is 11.4 Å². The van der Waals surface area contributed by atoms with Crippen LogP contribution in [-0.2, 0) is 10.2 Å². The molecule has 11 nitrogen and oxygen atoms in total. The molecule has 2 aromatic heterocycles. The molecule has 0 bridgehead atoms. The summed E-state index contributed by atoms with van der Waals surface area (Å²) in [4.78, 5) is 47.3. The third-order valence-corrected chi connectivity index (χ3v) is 9.74. The van der Waals surface area contributed by atoms with E-state index in [0.29, 0.717) is 23.0 Å². The molecule has 0 radical (unpaired) electrons. The number of para-hydroxylation sites is 1. The minimum absolute atomic E-state index is 0.00222. The number of hydrogen-bond donors (Lipinski definition) is 3. The summed E-state index contributed by atoms with van der Waals surface area (Å²) in [5.41, 5.74) is 6.07. The highest BCUT2D eigenvalue weighted by atomic mass is 35.5. The highest BCUT2D eigenvalue weighted by Gasteiger charge is 2.31. The quantitative estimate of drug-likeness (QED) is 0.0918.